The number of hydrogen-bond acceptors (Lipinski definition) is 2. The fourth-order valence-electron chi connectivity index (χ4n) is 1.98. The molecule has 1 saturated heterocycles. The van der Waals surface area contributed by atoms with E-state index in [1.54, 1.807) is 0 Å². The first-order valence-corrected chi connectivity index (χ1v) is 7.35. The molecular weight excluding hydrogens is 238 g/mol. The second-order valence-electron chi connectivity index (χ2n) is 4.41. The minimum absolute atomic E-state index is 0.393. The second kappa shape index (κ2) is 5.95. The summed E-state index contributed by atoms with van der Waals surface area (Å²) < 4.78 is 0. The van der Waals surface area contributed by atoms with Crippen LogP contribution < -0.4 is 5.32 Å². The zero-order valence-electron chi connectivity index (χ0n) is 9.58. The van der Waals surface area contributed by atoms with E-state index >= 15 is 0 Å². The highest BCUT2D eigenvalue weighted by molar-refractivity contribution is 7.99. The molecule has 2 rings (SSSR count). The fraction of sp³-hybridized carbons (Fsp3) is 0.538. The molecule has 16 heavy (non-hydrogen) atoms. The molecule has 0 bridgehead atoms. The van der Waals surface area contributed by atoms with E-state index in [4.69, 9.17) is 11.6 Å². The number of halogens is 1. The first-order chi connectivity index (χ1) is 7.75. The number of rotatable bonds is 4. The van der Waals surface area contributed by atoms with Gasteiger partial charge in [-0.05, 0) is 55.0 Å². The van der Waals surface area contributed by atoms with Crippen molar-refractivity contribution in [1.82, 2.24) is 5.32 Å². The molecule has 1 aliphatic heterocycles. The van der Waals surface area contributed by atoms with Gasteiger partial charge in [-0.25, -0.2) is 0 Å². The standard InChI is InChI=1S/C13H18ClNS/c1-10(12-3-2-4-13(14)7-12)15-8-11-5-6-16-9-11/h2-4,7,10-11,15H,5-6,8-9H2,1H3/t10-,11?/m1/s1. The van der Waals surface area contributed by atoms with E-state index in [-0.39, 0.29) is 0 Å². The molecule has 0 amide bonds. The lowest BCUT2D eigenvalue weighted by atomic mass is 10.1. The van der Waals surface area contributed by atoms with Crippen LogP contribution in [0.4, 0.5) is 0 Å². The largest absolute Gasteiger partial charge is 0.310 e. The van der Waals surface area contributed by atoms with E-state index in [0.717, 1.165) is 17.5 Å². The molecule has 0 spiro atoms. The van der Waals surface area contributed by atoms with Crippen LogP contribution >= 0.6 is 23.4 Å². The van der Waals surface area contributed by atoms with E-state index in [0.29, 0.717) is 6.04 Å². The van der Waals surface area contributed by atoms with Gasteiger partial charge >= 0.3 is 0 Å². The van der Waals surface area contributed by atoms with Crippen molar-refractivity contribution in [3.63, 3.8) is 0 Å². The van der Waals surface area contributed by atoms with Gasteiger partial charge in [-0.2, -0.15) is 11.8 Å². The summed E-state index contributed by atoms with van der Waals surface area (Å²) in [4.78, 5) is 0. The van der Waals surface area contributed by atoms with Gasteiger partial charge in [0.1, 0.15) is 0 Å². The Bertz CT molecular complexity index is 336. The quantitative estimate of drug-likeness (QED) is 0.880. The van der Waals surface area contributed by atoms with Gasteiger partial charge in [0.05, 0.1) is 0 Å². The topological polar surface area (TPSA) is 12.0 Å². The highest BCUT2D eigenvalue weighted by atomic mass is 35.5. The molecule has 2 atom stereocenters. The van der Waals surface area contributed by atoms with Crippen LogP contribution in [0.3, 0.4) is 0 Å². The zero-order chi connectivity index (χ0) is 11.4. The van der Waals surface area contributed by atoms with E-state index in [1.165, 1.54) is 23.5 Å². The van der Waals surface area contributed by atoms with Crippen molar-refractivity contribution in [3.05, 3.63) is 34.9 Å². The van der Waals surface area contributed by atoms with Crippen molar-refractivity contribution in [2.45, 2.75) is 19.4 Å². The molecule has 88 valence electrons. The lowest BCUT2D eigenvalue weighted by molar-refractivity contribution is 0.477. The molecule has 1 N–H and O–H groups in total. The summed E-state index contributed by atoms with van der Waals surface area (Å²) in [5.41, 5.74) is 1.28. The lowest BCUT2D eigenvalue weighted by Gasteiger charge is -2.17. The predicted octanol–water partition coefficient (Wildman–Crippen LogP) is 3.74. The highest BCUT2D eigenvalue weighted by Gasteiger charge is 2.16. The summed E-state index contributed by atoms with van der Waals surface area (Å²) in [6, 6.07) is 8.51. The van der Waals surface area contributed by atoms with Crippen molar-refractivity contribution in [1.29, 1.82) is 0 Å². The average molecular weight is 256 g/mol. The first-order valence-electron chi connectivity index (χ1n) is 5.82. The Labute approximate surface area is 107 Å². The highest BCUT2D eigenvalue weighted by Crippen LogP contribution is 2.24. The number of thioether (sulfide) groups is 1. The first kappa shape index (κ1) is 12.3. The summed E-state index contributed by atoms with van der Waals surface area (Å²) in [7, 11) is 0. The van der Waals surface area contributed by atoms with Gasteiger partial charge in [-0.15, -0.1) is 0 Å². The maximum absolute atomic E-state index is 5.99. The molecule has 1 aliphatic rings. The van der Waals surface area contributed by atoms with Crippen LogP contribution in [0.25, 0.3) is 0 Å². The van der Waals surface area contributed by atoms with Crippen molar-refractivity contribution in [2.75, 3.05) is 18.1 Å². The third-order valence-electron chi connectivity index (χ3n) is 3.09. The minimum Gasteiger partial charge on any atom is -0.310 e. The SMILES string of the molecule is C[C@@H](NCC1CCSC1)c1cccc(Cl)c1. The van der Waals surface area contributed by atoms with Crippen LogP contribution in [0, 0.1) is 5.92 Å². The molecule has 1 aromatic rings. The van der Waals surface area contributed by atoms with Crippen molar-refractivity contribution in [3.8, 4) is 0 Å². The van der Waals surface area contributed by atoms with E-state index in [2.05, 4.69) is 30.1 Å². The molecule has 0 saturated carbocycles. The smallest absolute Gasteiger partial charge is 0.0409 e. The van der Waals surface area contributed by atoms with Gasteiger partial charge in [-0.1, -0.05) is 23.7 Å². The second-order valence-corrected chi connectivity index (χ2v) is 6.00. The summed E-state index contributed by atoms with van der Waals surface area (Å²) in [6.07, 6.45) is 1.36. The molecule has 1 aromatic carbocycles. The molecule has 1 unspecified atom stereocenters. The number of hydrogen-bond donors (Lipinski definition) is 1. The van der Waals surface area contributed by atoms with E-state index < -0.39 is 0 Å². The van der Waals surface area contributed by atoms with Crippen LogP contribution in [-0.4, -0.2) is 18.1 Å². The van der Waals surface area contributed by atoms with E-state index in [9.17, 15) is 0 Å². The molecular formula is C13H18ClNS. The van der Waals surface area contributed by atoms with Crippen LogP contribution in [0.1, 0.15) is 24.9 Å². The molecule has 1 heterocycles. The Morgan fingerprint density at radius 1 is 1.56 bits per heavy atom. The molecule has 0 aliphatic carbocycles. The number of benzene rings is 1. The molecule has 1 fully saturated rings. The summed E-state index contributed by atoms with van der Waals surface area (Å²) in [5.74, 6) is 3.50. The Morgan fingerprint density at radius 2 is 2.44 bits per heavy atom. The average Bonchev–Trinajstić information content (AvgIpc) is 2.78. The summed E-state index contributed by atoms with van der Waals surface area (Å²) in [5, 5.41) is 4.42. The van der Waals surface area contributed by atoms with Gasteiger partial charge in [0, 0.05) is 11.1 Å². The van der Waals surface area contributed by atoms with Crippen LogP contribution in [0.2, 0.25) is 5.02 Å². The van der Waals surface area contributed by atoms with Gasteiger partial charge in [-0.3, -0.25) is 0 Å². The van der Waals surface area contributed by atoms with Crippen molar-refractivity contribution >= 4 is 23.4 Å². The fourth-order valence-corrected chi connectivity index (χ4v) is 3.46. The van der Waals surface area contributed by atoms with Crippen molar-refractivity contribution < 1.29 is 0 Å². The van der Waals surface area contributed by atoms with Crippen LogP contribution in [0.5, 0.6) is 0 Å². The van der Waals surface area contributed by atoms with Gasteiger partial charge in [0.2, 0.25) is 0 Å². The lowest BCUT2D eigenvalue weighted by Crippen LogP contribution is -2.25. The maximum atomic E-state index is 5.99. The van der Waals surface area contributed by atoms with E-state index in [1.807, 2.05) is 18.2 Å². The van der Waals surface area contributed by atoms with Gasteiger partial charge in [0.25, 0.3) is 0 Å². The normalized spacial score (nSPS) is 22.2. The van der Waals surface area contributed by atoms with Gasteiger partial charge < -0.3 is 5.32 Å². The van der Waals surface area contributed by atoms with Crippen molar-refractivity contribution in [2.24, 2.45) is 5.92 Å². The molecule has 1 nitrogen and oxygen atoms in total. The molecule has 0 radical (unpaired) electrons. The Hall–Kier alpha value is -0.180. The zero-order valence-corrected chi connectivity index (χ0v) is 11.2. The molecule has 0 aromatic heterocycles. The Kier molecular flexibility index (Phi) is 4.56. The number of nitrogens with one attached hydrogen (secondary N) is 1. The monoisotopic (exact) mass is 255 g/mol. The van der Waals surface area contributed by atoms with Crippen LogP contribution in [0.15, 0.2) is 24.3 Å². The third-order valence-corrected chi connectivity index (χ3v) is 4.55. The van der Waals surface area contributed by atoms with Crippen LogP contribution in [-0.2, 0) is 0 Å². The third kappa shape index (κ3) is 3.41. The Balaban J connectivity index is 1.85. The summed E-state index contributed by atoms with van der Waals surface area (Å²) >= 11 is 8.06. The van der Waals surface area contributed by atoms with Gasteiger partial charge in [0.15, 0.2) is 0 Å². The molecule has 3 heteroatoms. The Morgan fingerprint density at radius 3 is 3.12 bits per heavy atom. The maximum Gasteiger partial charge on any atom is 0.0409 e. The predicted molar refractivity (Wildman–Crippen MR) is 73.3 cm³/mol. The summed E-state index contributed by atoms with van der Waals surface area (Å²) in [6.45, 7) is 3.33. The minimum atomic E-state index is 0.393.